The van der Waals surface area contributed by atoms with Crippen LogP contribution in [-0.2, 0) is 12.2 Å². The highest BCUT2D eigenvalue weighted by Crippen LogP contribution is 2.23. The Bertz CT molecular complexity index is 649. The van der Waals surface area contributed by atoms with Crippen LogP contribution in [0.25, 0.3) is 0 Å². The standard InChI is InChI=1S/C14H13BrN4S/c1-2-12-11(7-16)13(17)19-14(18-12)20-8-9-3-5-10(15)6-4-9/h3-6H,2,8H2,1H3,(H2,17,18,19). The summed E-state index contributed by atoms with van der Waals surface area (Å²) in [4.78, 5) is 8.58. The summed E-state index contributed by atoms with van der Waals surface area (Å²) < 4.78 is 1.05. The van der Waals surface area contributed by atoms with Gasteiger partial charge in [-0.2, -0.15) is 5.26 Å². The molecule has 0 unspecified atom stereocenters. The zero-order chi connectivity index (χ0) is 14.5. The number of nitriles is 1. The predicted octanol–water partition coefficient (Wildman–Crippen LogP) is 3.55. The molecule has 0 fully saturated rings. The number of anilines is 1. The van der Waals surface area contributed by atoms with Crippen LogP contribution < -0.4 is 5.73 Å². The van der Waals surface area contributed by atoms with E-state index in [4.69, 9.17) is 11.0 Å². The predicted molar refractivity (Wildman–Crippen MR) is 84.2 cm³/mol. The lowest BCUT2D eigenvalue weighted by molar-refractivity contribution is 0.888. The number of nitrogen functional groups attached to an aromatic ring is 1. The molecule has 0 spiro atoms. The molecule has 20 heavy (non-hydrogen) atoms. The Morgan fingerprint density at radius 1 is 1.30 bits per heavy atom. The molecule has 0 saturated carbocycles. The van der Waals surface area contributed by atoms with Crippen LogP contribution in [0.3, 0.4) is 0 Å². The number of nitrogens with zero attached hydrogens (tertiary/aromatic N) is 3. The van der Waals surface area contributed by atoms with E-state index in [1.54, 1.807) is 0 Å². The number of hydrogen-bond donors (Lipinski definition) is 1. The molecule has 0 aliphatic rings. The lowest BCUT2D eigenvalue weighted by Crippen LogP contribution is -2.04. The van der Waals surface area contributed by atoms with Crippen LogP contribution in [0.15, 0.2) is 33.9 Å². The average Bonchev–Trinajstić information content (AvgIpc) is 2.46. The molecule has 2 N–H and O–H groups in total. The Labute approximate surface area is 130 Å². The third-order valence-corrected chi connectivity index (χ3v) is 4.17. The molecule has 2 aromatic rings. The molecular formula is C14H13BrN4S. The maximum Gasteiger partial charge on any atom is 0.190 e. The SMILES string of the molecule is CCc1nc(SCc2ccc(Br)cc2)nc(N)c1C#N. The van der Waals surface area contributed by atoms with E-state index in [2.05, 4.69) is 32.0 Å². The quantitative estimate of drug-likeness (QED) is 0.675. The normalized spacial score (nSPS) is 10.2. The van der Waals surface area contributed by atoms with E-state index in [-0.39, 0.29) is 5.82 Å². The third-order valence-electron chi connectivity index (χ3n) is 2.72. The van der Waals surface area contributed by atoms with E-state index in [9.17, 15) is 0 Å². The number of benzene rings is 1. The van der Waals surface area contributed by atoms with Crippen molar-refractivity contribution < 1.29 is 0 Å². The minimum atomic E-state index is 0.262. The summed E-state index contributed by atoms with van der Waals surface area (Å²) in [7, 11) is 0. The van der Waals surface area contributed by atoms with Gasteiger partial charge < -0.3 is 5.73 Å². The molecule has 0 radical (unpaired) electrons. The average molecular weight is 349 g/mol. The van der Waals surface area contributed by atoms with Gasteiger partial charge in [0.25, 0.3) is 0 Å². The van der Waals surface area contributed by atoms with Crippen molar-refractivity contribution >= 4 is 33.5 Å². The summed E-state index contributed by atoms with van der Waals surface area (Å²) in [6, 6.07) is 10.2. The highest BCUT2D eigenvalue weighted by Gasteiger charge is 2.11. The molecule has 0 aliphatic heterocycles. The van der Waals surface area contributed by atoms with E-state index in [1.165, 1.54) is 17.3 Å². The van der Waals surface area contributed by atoms with E-state index in [1.807, 2.05) is 31.2 Å². The molecule has 1 aromatic carbocycles. The van der Waals surface area contributed by atoms with Crippen molar-refractivity contribution in [3.63, 3.8) is 0 Å². The fourth-order valence-electron chi connectivity index (χ4n) is 1.67. The van der Waals surface area contributed by atoms with Gasteiger partial charge in [0, 0.05) is 10.2 Å². The van der Waals surface area contributed by atoms with Crippen LogP contribution >= 0.6 is 27.7 Å². The summed E-state index contributed by atoms with van der Waals surface area (Å²) in [5.41, 5.74) is 8.08. The Kier molecular flexibility index (Phi) is 4.99. The topological polar surface area (TPSA) is 75.6 Å². The maximum absolute atomic E-state index is 9.03. The van der Waals surface area contributed by atoms with Gasteiger partial charge in [0.05, 0.1) is 5.69 Å². The first-order valence-corrected chi connectivity index (χ1v) is 7.85. The van der Waals surface area contributed by atoms with Crippen LogP contribution in [0.4, 0.5) is 5.82 Å². The van der Waals surface area contributed by atoms with Gasteiger partial charge in [-0.15, -0.1) is 0 Å². The van der Waals surface area contributed by atoms with Crippen molar-refractivity contribution in [2.75, 3.05) is 5.73 Å². The monoisotopic (exact) mass is 348 g/mol. The summed E-state index contributed by atoms with van der Waals surface area (Å²) in [6.45, 7) is 1.95. The smallest absolute Gasteiger partial charge is 0.190 e. The van der Waals surface area contributed by atoms with Crippen LogP contribution in [0.5, 0.6) is 0 Å². The first-order chi connectivity index (χ1) is 9.63. The third kappa shape index (κ3) is 3.50. The molecule has 102 valence electrons. The summed E-state index contributed by atoms with van der Waals surface area (Å²) >= 11 is 4.92. The van der Waals surface area contributed by atoms with Gasteiger partial charge in [-0.25, -0.2) is 9.97 Å². The lowest BCUT2D eigenvalue weighted by atomic mass is 10.2. The number of aryl methyl sites for hydroxylation is 1. The zero-order valence-electron chi connectivity index (χ0n) is 10.9. The highest BCUT2D eigenvalue weighted by molar-refractivity contribution is 9.10. The Morgan fingerprint density at radius 3 is 2.60 bits per heavy atom. The van der Waals surface area contributed by atoms with Crippen LogP contribution in [0.2, 0.25) is 0 Å². The fraction of sp³-hybridized carbons (Fsp3) is 0.214. The number of hydrogen-bond acceptors (Lipinski definition) is 5. The lowest BCUT2D eigenvalue weighted by Gasteiger charge is -2.06. The molecule has 1 heterocycles. The fourth-order valence-corrected chi connectivity index (χ4v) is 2.76. The second-order valence-electron chi connectivity index (χ2n) is 4.09. The van der Waals surface area contributed by atoms with Crippen molar-refractivity contribution in [1.82, 2.24) is 9.97 Å². The van der Waals surface area contributed by atoms with E-state index >= 15 is 0 Å². The van der Waals surface area contributed by atoms with Crippen LogP contribution in [0, 0.1) is 11.3 Å². The van der Waals surface area contributed by atoms with E-state index in [0.29, 0.717) is 22.8 Å². The van der Waals surface area contributed by atoms with E-state index < -0.39 is 0 Å². The van der Waals surface area contributed by atoms with Gasteiger partial charge in [0.2, 0.25) is 0 Å². The second-order valence-corrected chi connectivity index (χ2v) is 5.95. The molecule has 6 heteroatoms. The molecule has 0 saturated heterocycles. The number of nitrogens with two attached hydrogens (primary N) is 1. The van der Waals surface area contributed by atoms with E-state index in [0.717, 1.165) is 10.2 Å². The number of rotatable bonds is 4. The summed E-state index contributed by atoms with van der Waals surface area (Å²) in [6.07, 6.45) is 0.668. The molecule has 0 atom stereocenters. The Morgan fingerprint density at radius 2 is 2.00 bits per heavy atom. The van der Waals surface area contributed by atoms with Gasteiger partial charge in [-0.3, -0.25) is 0 Å². The first-order valence-electron chi connectivity index (χ1n) is 6.07. The van der Waals surface area contributed by atoms with Gasteiger partial charge >= 0.3 is 0 Å². The summed E-state index contributed by atoms with van der Waals surface area (Å²) in [5.74, 6) is 1.03. The highest BCUT2D eigenvalue weighted by atomic mass is 79.9. The number of aromatic nitrogens is 2. The number of thioether (sulfide) groups is 1. The van der Waals surface area contributed by atoms with Crippen molar-refractivity contribution in [3.05, 3.63) is 45.6 Å². The largest absolute Gasteiger partial charge is 0.382 e. The second kappa shape index (κ2) is 6.73. The number of halogens is 1. The molecule has 0 amide bonds. The van der Waals surface area contributed by atoms with Gasteiger partial charge in [0.15, 0.2) is 5.16 Å². The molecule has 1 aromatic heterocycles. The first kappa shape index (κ1) is 14.8. The van der Waals surface area contributed by atoms with Crippen molar-refractivity contribution in [1.29, 1.82) is 5.26 Å². The molecule has 4 nitrogen and oxygen atoms in total. The van der Waals surface area contributed by atoms with Crippen LogP contribution in [0.1, 0.15) is 23.7 Å². The van der Waals surface area contributed by atoms with Crippen molar-refractivity contribution in [3.8, 4) is 6.07 Å². The van der Waals surface area contributed by atoms with Crippen molar-refractivity contribution in [2.45, 2.75) is 24.3 Å². The van der Waals surface area contributed by atoms with Crippen LogP contribution in [-0.4, -0.2) is 9.97 Å². The summed E-state index contributed by atoms with van der Waals surface area (Å²) in [5, 5.41) is 9.65. The minimum Gasteiger partial charge on any atom is -0.382 e. The molecule has 2 rings (SSSR count). The van der Waals surface area contributed by atoms with Gasteiger partial charge in [-0.1, -0.05) is 46.7 Å². The minimum absolute atomic E-state index is 0.262. The molecular weight excluding hydrogens is 336 g/mol. The Balaban J connectivity index is 2.16. The van der Waals surface area contributed by atoms with Gasteiger partial charge in [-0.05, 0) is 24.1 Å². The Hall–Kier alpha value is -1.58. The molecule has 0 aliphatic carbocycles. The zero-order valence-corrected chi connectivity index (χ0v) is 13.3. The maximum atomic E-state index is 9.03. The molecule has 0 bridgehead atoms. The van der Waals surface area contributed by atoms with Gasteiger partial charge in [0.1, 0.15) is 17.5 Å². The van der Waals surface area contributed by atoms with Crippen molar-refractivity contribution in [2.24, 2.45) is 0 Å².